The number of hydrogen-bond donors (Lipinski definition) is 3. The predicted octanol–water partition coefficient (Wildman–Crippen LogP) is 3.26. The molecule has 4 N–H and O–H groups in total. The number of nitrogens with one attached hydrogen (secondary N) is 2. The molecule has 3 aromatic rings. The predicted molar refractivity (Wildman–Crippen MR) is 135 cm³/mol. The molecule has 5 rings (SSSR count). The summed E-state index contributed by atoms with van der Waals surface area (Å²) in [4.78, 5) is 39.3. The minimum atomic E-state index is -0.598. The fourth-order valence-electron chi connectivity index (χ4n) is 4.20. The Bertz CT molecular complexity index is 1340. The van der Waals surface area contributed by atoms with E-state index in [-0.39, 0.29) is 17.3 Å². The van der Waals surface area contributed by atoms with Crippen LogP contribution in [0.25, 0.3) is 5.57 Å². The molecule has 2 aliphatic rings. The van der Waals surface area contributed by atoms with Crippen molar-refractivity contribution in [2.75, 3.05) is 41.8 Å². The normalized spacial score (nSPS) is 16.1. The van der Waals surface area contributed by atoms with E-state index in [2.05, 4.69) is 15.5 Å². The molecule has 1 fully saturated rings. The van der Waals surface area contributed by atoms with Gasteiger partial charge in [-0.2, -0.15) is 0 Å². The van der Waals surface area contributed by atoms with Crippen molar-refractivity contribution < 1.29 is 19.1 Å². The number of ketones is 1. The Morgan fingerprint density at radius 3 is 2.40 bits per heavy atom. The Balaban J connectivity index is 1.32. The number of nitrogens with zero attached hydrogens (tertiary/aromatic N) is 1. The Morgan fingerprint density at radius 1 is 0.943 bits per heavy atom. The molecule has 1 saturated heterocycles. The van der Waals surface area contributed by atoms with Crippen LogP contribution in [-0.2, 0) is 9.53 Å². The van der Waals surface area contributed by atoms with Crippen LogP contribution in [0.15, 0.2) is 72.9 Å². The van der Waals surface area contributed by atoms with E-state index in [1.165, 1.54) is 6.07 Å². The standard InChI is InChI=1S/C27H24N4O4/c28-26(33)19-3-1-2-17(14-19)25(32)18-4-9-22-23(27(34)30-24(22)15-18)16-29-20-5-7-21(8-6-20)31-10-12-35-13-11-31/h1-9,14-16,29H,10-13H2,(H2,28,33)(H,30,34). The minimum absolute atomic E-state index is 0.252. The van der Waals surface area contributed by atoms with Crippen LogP contribution in [0.4, 0.5) is 17.1 Å². The molecular formula is C27H24N4O4. The van der Waals surface area contributed by atoms with E-state index in [9.17, 15) is 14.4 Å². The van der Waals surface area contributed by atoms with Crippen molar-refractivity contribution in [3.63, 3.8) is 0 Å². The third kappa shape index (κ3) is 4.64. The first kappa shape index (κ1) is 22.4. The van der Waals surface area contributed by atoms with Gasteiger partial charge in [0.1, 0.15) is 0 Å². The second kappa shape index (κ2) is 9.44. The molecule has 0 bridgehead atoms. The van der Waals surface area contributed by atoms with E-state index in [1.807, 2.05) is 24.3 Å². The average Bonchev–Trinajstić information content (AvgIpc) is 3.21. The lowest BCUT2D eigenvalue weighted by atomic mass is 9.98. The van der Waals surface area contributed by atoms with E-state index in [0.29, 0.717) is 28.0 Å². The molecule has 0 radical (unpaired) electrons. The zero-order valence-corrected chi connectivity index (χ0v) is 18.9. The number of amides is 2. The SMILES string of the molecule is NC(=O)c1cccc(C(=O)c2ccc3c(c2)NC(=O)C3=CNc2ccc(N3CCOCC3)cc2)c1. The Hall–Kier alpha value is -4.43. The monoisotopic (exact) mass is 468 g/mol. The lowest BCUT2D eigenvalue weighted by molar-refractivity contribution is -0.110. The van der Waals surface area contributed by atoms with Crippen LogP contribution >= 0.6 is 0 Å². The molecule has 0 saturated carbocycles. The van der Waals surface area contributed by atoms with Gasteiger partial charge in [-0.15, -0.1) is 0 Å². The lowest BCUT2D eigenvalue weighted by Gasteiger charge is -2.28. The number of morpholine rings is 1. The highest BCUT2D eigenvalue weighted by Gasteiger charge is 2.25. The van der Waals surface area contributed by atoms with Crippen LogP contribution in [0.1, 0.15) is 31.8 Å². The quantitative estimate of drug-likeness (QED) is 0.378. The van der Waals surface area contributed by atoms with E-state index in [4.69, 9.17) is 10.5 Å². The van der Waals surface area contributed by atoms with Crippen molar-refractivity contribution in [2.45, 2.75) is 0 Å². The number of nitrogens with two attached hydrogens (primary N) is 1. The largest absolute Gasteiger partial charge is 0.378 e. The summed E-state index contributed by atoms with van der Waals surface area (Å²) in [6, 6.07) is 19.3. The molecule has 8 heteroatoms. The lowest BCUT2D eigenvalue weighted by Crippen LogP contribution is -2.36. The van der Waals surface area contributed by atoms with Crippen LogP contribution < -0.4 is 21.3 Å². The van der Waals surface area contributed by atoms with Gasteiger partial charge in [0, 0.05) is 58.6 Å². The number of carbonyl (C=O) groups is 3. The summed E-state index contributed by atoms with van der Waals surface area (Å²) in [6.07, 6.45) is 1.67. The van der Waals surface area contributed by atoms with E-state index < -0.39 is 5.91 Å². The van der Waals surface area contributed by atoms with E-state index in [1.54, 1.807) is 42.6 Å². The summed E-state index contributed by atoms with van der Waals surface area (Å²) >= 11 is 0. The highest BCUT2D eigenvalue weighted by Crippen LogP contribution is 2.33. The van der Waals surface area contributed by atoms with Crippen molar-refractivity contribution in [3.8, 4) is 0 Å². The maximum absolute atomic E-state index is 12.9. The van der Waals surface area contributed by atoms with Crippen molar-refractivity contribution in [1.82, 2.24) is 0 Å². The Kier molecular flexibility index (Phi) is 6.03. The highest BCUT2D eigenvalue weighted by atomic mass is 16.5. The molecule has 0 aliphatic carbocycles. The average molecular weight is 469 g/mol. The summed E-state index contributed by atoms with van der Waals surface area (Å²) in [5.74, 6) is -1.11. The summed E-state index contributed by atoms with van der Waals surface area (Å²) in [5, 5.41) is 6.01. The first-order valence-electron chi connectivity index (χ1n) is 11.3. The first-order valence-corrected chi connectivity index (χ1v) is 11.3. The second-order valence-electron chi connectivity index (χ2n) is 8.34. The van der Waals surface area contributed by atoms with Crippen molar-refractivity contribution >= 4 is 40.2 Å². The molecule has 0 spiro atoms. The number of primary amides is 1. The number of benzene rings is 3. The number of rotatable bonds is 6. The molecule has 0 aromatic heterocycles. The highest BCUT2D eigenvalue weighted by molar-refractivity contribution is 6.32. The van der Waals surface area contributed by atoms with Gasteiger partial charge in [-0.25, -0.2) is 0 Å². The minimum Gasteiger partial charge on any atom is -0.378 e. The molecule has 2 heterocycles. The third-order valence-electron chi connectivity index (χ3n) is 6.10. The maximum atomic E-state index is 12.9. The number of anilines is 3. The van der Waals surface area contributed by atoms with Crippen LogP contribution in [0.3, 0.4) is 0 Å². The molecule has 2 aliphatic heterocycles. The van der Waals surface area contributed by atoms with Gasteiger partial charge in [0.2, 0.25) is 5.91 Å². The summed E-state index contributed by atoms with van der Waals surface area (Å²) in [5.41, 5.74) is 10.1. The fourth-order valence-corrected chi connectivity index (χ4v) is 4.20. The van der Waals surface area contributed by atoms with Crippen LogP contribution in [-0.4, -0.2) is 43.9 Å². The molecule has 176 valence electrons. The second-order valence-corrected chi connectivity index (χ2v) is 8.34. The molecule has 35 heavy (non-hydrogen) atoms. The zero-order chi connectivity index (χ0) is 24.4. The van der Waals surface area contributed by atoms with Crippen LogP contribution in [0.5, 0.6) is 0 Å². The molecular weight excluding hydrogens is 444 g/mol. The van der Waals surface area contributed by atoms with Crippen molar-refractivity contribution in [1.29, 1.82) is 0 Å². The fraction of sp³-hybridized carbons (Fsp3) is 0.148. The smallest absolute Gasteiger partial charge is 0.257 e. The van der Waals surface area contributed by atoms with Gasteiger partial charge < -0.3 is 26.0 Å². The Labute approximate surface area is 202 Å². The van der Waals surface area contributed by atoms with Gasteiger partial charge >= 0.3 is 0 Å². The van der Waals surface area contributed by atoms with Gasteiger partial charge in [-0.1, -0.05) is 24.3 Å². The molecule has 2 amide bonds. The Morgan fingerprint density at radius 2 is 1.66 bits per heavy atom. The third-order valence-corrected chi connectivity index (χ3v) is 6.10. The topological polar surface area (TPSA) is 114 Å². The zero-order valence-electron chi connectivity index (χ0n) is 18.9. The number of ether oxygens (including phenoxy) is 1. The number of hydrogen-bond acceptors (Lipinski definition) is 6. The number of fused-ring (bicyclic) bond motifs is 1. The molecule has 3 aromatic carbocycles. The van der Waals surface area contributed by atoms with E-state index in [0.717, 1.165) is 37.7 Å². The molecule has 0 unspecified atom stereocenters. The van der Waals surface area contributed by atoms with Crippen LogP contribution in [0.2, 0.25) is 0 Å². The molecule has 8 nitrogen and oxygen atoms in total. The van der Waals surface area contributed by atoms with Gasteiger partial charge in [0.15, 0.2) is 5.78 Å². The van der Waals surface area contributed by atoms with Gasteiger partial charge in [-0.05, 0) is 42.5 Å². The maximum Gasteiger partial charge on any atom is 0.257 e. The number of carbonyl (C=O) groups excluding carboxylic acids is 3. The van der Waals surface area contributed by atoms with Crippen molar-refractivity contribution in [3.05, 3.63) is 95.2 Å². The molecule has 0 atom stereocenters. The van der Waals surface area contributed by atoms with Crippen LogP contribution in [0, 0.1) is 0 Å². The van der Waals surface area contributed by atoms with Crippen molar-refractivity contribution in [2.24, 2.45) is 5.73 Å². The van der Waals surface area contributed by atoms with Gasteiger partial charge in [-0.3, -0.25) is 14.4 Å². The summed E-state index contributed by atoms with van der Waals surface area (Å²) < 4.78 is 5.40. The van der Waals surface area contributed by atoms with Gasteiger partial charge in [0.25, 0.3) is 5.91 Å². The van der Waals surface area contributed by atoms with E-state index >= 15 is 0 Å². The summed E-state index contributed by atoms with van der Waals surface area (Å²) in [6.45, 7) is 3.20. The first-order chi connectivity index (χ1) is 17.0. The summed E-state index contributed by atoms with van der Waals surface area (Å²) in [7, 11) is 0. The van der Waals surface area contributed by atoms with Gasteiger partial charge in [0.05, 0.1) is 18.8 Å².